The van der Waals surface area contributed by atoms with Gasteiger partial charge in [0.15, 0.2) is 0 Å². The predicted octanol–water partition coefficient (Wildman–Crippen LogP) is 2.40. The largest absolute Gasteiger partial charge is 0.463 e. The van der Waals surface area contributed by atoms with Crippen molar-refractivity contribution >= 4 is 17.6 Å². The highest BCUT2D eigenvalue weighted by Gasteiger charge is 2.23. The molecule has 0 radical (unpaired) electrons. The number of aliphatic hydroxyl groups is 1. The molecule has 0 bridgehead atoms. The van der Waals surface area contributed by atoms with E-state index in [9.17, 15) is 9.90 Å². The Morgan fingerprint density at radius 2 is 2.29 bits per heavy atom. The molecule has 5 heteroatoms. The van der Waals surface area contributed by atoms with Gasteiger partial charge >= 0.3 is 5.97 Å². The van der Waals surface area contributed by atoms with E-state index in [1.807, 2.05) is 24.3 Å². The Hall–Kier alpha value is -1.36. The van der Waals surface area contributed by atoms with Gasteiger partial charge in [-0.3, -0.25) is 4.90 Å². The predicted molar refractivity (Wildman–Crippen MR) is 82.1 cm³/mol. The molecule has 0 aliphatic carbocycles. The SMILES string of the molecule is CCOC(=O)C=C1CN(Cc2ccccc2Cl)CCC1O. The van der Waals surface area contributed by atoms with Gasteiger partial charge in [0.2, 0.25) is 0 Å². The lowest BCUT2D eigenvalue weighted by Crippen LogP contribution is -2.38. The van der Waals surface area contributed by atoms with Crippen LogP contribution in [0.15, 0.2) is 35.9 Å². The number of rotatable bonds is 4. The molecule has 0 saturated carbocycles. The molecule has 1 heterocycles. The summed E-state index contributed by atoms with van der Waals surface area (Å²) in [7, 11) is 0. The summed E-state index contributed by atoms with van der Waals surface area (Å²) in [5, 5.41) is 10.7. The van der Waals surface area contributed by atoms with Gasteiger partial charge in [0.05, 0.1) is 12.7 Å². The first-order valence-electron chi connectivity index (χ1n) is 7.11. The fraction of sp³-hybridized carbons (Fsp3) is 0.438. The van der Waals surface area contributed by atoms with Crippen molar-refractivity contribution in [2.24, 2.45) is 0 Å². The van der Waals surface area contributed by atoms with E-state index >= 15 is 0 Å². The number of carbonyl (C=O) groups excluding carboxylic acids is 1. The minimum absolute atomic E-state index is 0.335. The number of piperidine rings is 1. The summed E-state index contributed by atoms with van der Waals surface area (Å²) in [5.41, 5.74) is 1.75. The number of likely N-dealkylation sites (tertiary alicyclic amines) is 1. The van der Waals surface area contributed by atoms with Crippen molar-refractivity contribution in [2.45, 2.75) is 26.0 Å². The van der Waals surface area contributed by atoms with Gasteiger partial charge in [-0.05, 0) is 30.5 Å². The summed E-state index contributed by atoms with van der Waals surface area (Å²) < 4.78 is 4.90. The van der Waals surface area contributed by atoms with Gasteiger partial charge in [-0.2, -0.15) is 0 Å². The third-order valence-corrected chi connectivity index (χ3v) is 3.86. The lowest BCUT2D eigenvalue weighted by atomic mass is 10.0. The summed E-state index contributed by atoms with van der Waals surface area (Å²) in [4.78, 5) is 13.7. The smallest absolute Gasteiger partial charge is 0.330 e. The Morgan fingerprint density at radius 3 is 3.00 bits per heavy atom. The number of carbonyl (C=O) groups is 1. The average Bonchev–Trinajstić information content (AvgIpc) is 2.45. The second-order valence-corrected chi connectivity index (χ2v) is 5.49. The van der Waals surface area contributed by atoms with Crippen LogP contribution in [0.3, 0.4) is 0 Å². The van der Waals surface area contributed by atoms with Gasteiger partial charge in [-0.25, -0.2) is 4.79 Å². The highest BCUT2D eigenvalue weighted by molar-refractivity contribution is 6.31. The van der Waals surface area contributed by atoms with Crippen molar-refractivity contribution < 1.29 is 14.6 Å². The number of ether oxygens (including phenoxy) is 1. The van der Waals surface area contributed by atoms with Crippen LogP contribution in [0.4, 0.5) is 0 Å². The van der Waals surface area contributed by atoms with Gasteiger partial charge < -0.3 is 9.84 Å². The molecule has 0 amide bonds. The third-order valence-electron chi connectivity index (χ3n) is 3.49. The fourth-order valence-corrected chi connectivity index (χ4v) is 2.61. The Labute approximate surface area is 130 Å². The van der Waals surface area contributed by atoms with E-state index in [1.54, 1.807) is 6.92 Å². The van der Waals surface area contributed by atoms with E-state index in [2.05, 4.69) is 4.90 Å². The maximum atomic E-state index is 11.5. The average molecular weight is 310 g/mol. The Bertz CT molecular complexity index is 530. The number of hydrogen-bond acceptors (Lipinski definition) is 4. The molecule has 1 N–H and O–H groups in total. The van der Waals surface area contributed by atoms with Gasteiger partial charge in [0.25, 0.3) is 0 Å². The monoisotopic (exact) mass is 309 g/mol. The second kappa shape index (κ2) is 7.59. The topological polar surface area (TPSA) is 49.8 Å². The molecule has 21 heavy (non-hydrogen) atoms. The number of benzene rings is 1. The highest BCUT2D eigenvalue weighted by Crippen LogP contribution is 2.22. The summed E-state index contributed by atoms with van der Waals surface area (Å²) in [6.07, 6.45) is 1.44. The quantitative estimate of drug-likeness (QED) is 0.685. The summed E-state index contributed by atoms with van der Waals surface area (Å²) in [5.74, 6) is -0.397. The van der Waals surface area contributed by atoms with Crippen LogP contribution >= 0.6 is 11.6 Å². The normalized spacial score (nSPS) is 21.5. The van der Waals surface area contributed by atoms with Crippen LogP contribution in [0.5, 0.6) is 0 Å². The Balaban J connectivity index is 2.03. The minimum Gasteiger partial charge on any atom is -0.463 e. The van der Waals surface area contributed by atoms with E-state index in [-0.39, 0.29) is 0 Å². The molecule has 114 valence electrons. The molecule has 4 nitrogen and oxygen atoms in total. The van der Waals surface area contributed by atoms with Crippen LogP contribution in [-0.2, 0) is 16.1 Å². The molecule has 1 aromatic carbocycles. The second-order valence-electron chi connectivity index (χ2n) is 5.08. The maximum absolute atomic E-state index is 11.5. The molecule has 1 aliphatic rings. The first kappa shape index (κ1) is 16.0. The lowest BCUT2D eigenvalue weighted by molar-refractivity contribution is -0.137. The molecule has 0 aromatic heterocycles. The van der Waals surface area contributed by atoms with E-state index in [1.165, 1.54) is 6.08 Å². The standard InChI is InChI=1S/C16H20ClNO3/c1-2-21-16(20)9-13-11-18(8-7-15(13)19)10-12-5-3-4-6-14(12)17/h3-6,9,15,19H,2,7-8,10-11H2,1H3. The molecule has 2 rings (SSSR count). The van der Waals surface area contributed by atoms with Crippen molar-refractivity contribution in [3.05, 3.63) is 46.5 Å². The number of esters is 1. The van der Waals surface area contributed by atoms with Crippen LogP contribution in [-0.4, -0.2) is 41.8 Å². The molecule has 1 unspecified atom stereocenters. The van der Waals surface area contributed by atoms with Crippen LogP contribution in [0.2, 0.25) is 5.02 Å². The summed E-state index contributed by atoms with van der Waals surface area (Å²) in [6, 6.07) is 7.71. The zero-order valence-electron chi connectivity index (χ0n) is 12.1. The van der Waals surface area contributed by atoms with Gasteiger partial charge in [0, 0.05) is 30.7 Å². The van der Waals surface area contributed by atoms with Crippen molar-refractivity contribution in [1.29, 1.82) is 0 Å². The first-order chi connectivity index (χ1) is 10.1. The molecule has 0 spiro atoms. The third kappa shape index (κ3) is 4.56. The molecular weight excluding hydrogens is 290 g/mol. The lowest BCUT2D eigenvalue weighted by Gasteiger charge is -2.32. The highest BCUT2D eigenvalue weighted by atomic mass is 35.5. The Kier molecular flexibility index (Phi) is 5.79. The van der Waals surface area contributed by atoms with E-state index < -0.39 is 12.1 Å². The number of nitrogens with zero attached hydrogens (tertiary/aromatic N) is 1. The summed E-state index contributed by atoms with van der Waals surface area (Å²) >= 11 is 6.17. The number of halogens is 1. The molecule has 1 atom stereocenters. The van der Waals surface area contributed by atoms with E-state index in [0.29, 0.717) is 31.7 Å². The summed E-state index contributed by atoms with van der Waals surface area (Å²) in [6.45, 7) is 4.11. The van der Waals surface area contributed by atoms with Gasteiger partial charge in [-0.15, -0.1) is 0 Å². The molecule has 1 aromatic rings. The Morgan fingerprint density at radius 1 is 1.52 bits per heavy atom. The molecular formula is C16H20ClNO3. The van der Waals surface area contributed by atoms with Crippen LogP contribution in [0.25, 0.3) is 0 Å². The van der Waals surface area contributed by atoms with E-state index in [4.69, 9.17) is 16.3 Å². The maximum Gasteiger partial charge on any atom is 0.330 e. The van der Waals surface area contributed by atoms with Crippen molar-refractivity contribution in [2.75, 3.05) is 19.7 Å². The number of aliphatic hydroxyl groups excluding tert-OH is 1. The van der Waals surface area contributed by atoms with E-state index in [0.717, 1.165) is 17.1 Å². The molecule has 1 fully saturated rings. The fourth-order valence-electron chi connectivity index (χ4n) is 2.41. The minimum atomic E-state index is -0.572. The van der Waals surface area contributed by atoms with Crippen LogP contribution in [0, 0.1) is 0 Å². The van der Waals surface area contributed by atoms with Gasteiger partial charge in [0.1, 0.15) is 0 Å². The molecule has 1 saturated heterocycles. The van der Waals surface area contributed by atoms with Crippen molar-refractivity contribution in [3.8, 4) is 0 Å². The van der Waals surface area contributed by atoms with Crippen LogP contribution in [0.1, 0.15) is 18.9 Å². The van der Waals surface area contributed by atoms with Crippen LogP contribution < -0.4 is 0 Å². The number of hydrogen-bond donors (Lipinski definition) is 1. The first-order valence-corrected chi connectivity index (χ1v) is 7.49. The zero-order valence-corrected chi connectivity index (χ0v) is 12.8. The van der Waals surface area contributed by atoms with Crippen molar-refractivity contribution in [1.82, 2.24) is 4.90 Å². The van der Waals surface area contributed by atoms with Crippen molar-refractivity contribution in [3.63, 3.8) is 0 Å². The molecule has 1 aliphatic heterocycles. The van der Waals surface area contributed by atoms with Gasteiger partial charge in [-0.1, -0.05) is 29.8 Å². The zero-order chi connectivity index (χ0) is 15.2.